The van der Waals surface area contributed by atoms with Crippen LogP contribution in [-0.2, 0) is 11.3 Å². The van der Waals surface area contributed by atoms with Crippen LogP contribution >= 0.6 is 35.7 Å². The number of carbonyl (C=O) groups is 1. The monoisotopic (exact) mass is 571 g/mol. The molecule has 0 fully saturated rings. The number of aromatic nitrogens is 1. The highest BCUT2D eigenvalue weighted by Crippen LogP contribution is 2.16. The summed E-state index contributed by atoms with van der Waals surface area (Å²) in [7, 11) is 3.47. The molecule has 1 aromatic carbocycles. The number of nitrogens with zero attached hydrogens (tertiary/aromatic N) is 3. The largest absolute Gasteiger partial charge is 0.472 e. The van der Waals surface area contributed by atoms with Gasteiger partial charge in [-0.3, -0.25) is 4.79 Å². The number of guanidine groups is 1. The number of halogens is 1. The molecule has 2 rings (SSSR count). The Bertz CT molecular complexity index is 840. The van der Waals surface area contributed by atoms with E-state index >= 15 is 0 Å². The minimum absolute atomic E-state index is 0. The Labute approximate surface area is 212 Å². The number of rotatable bonds is 9. The van der Waals surface area contributed by atoms with Crippen LogP contribution in [0.3, 0.4) is 0 Å². The van der Waals surface area contributed by atoms with Crippen molar-refractivity contribution in [2.75, 3.05) is 32.9 Å². The third-order valence-electron chi connectivity index (χ3n) is 3.94. The summed E-state index contributed by atoms with van der Waals surface area (Å²) in [5.74, 6) is 2.05. The fourth-order valence-electron chi connectivity index (χ4n) is 2.40. The molecule has 0 aliphatic carbocycles. The maximum Gasteiger partial charge on any atom is 0.241 e. The third-order valence-corrected chi connectivity index (χ3v) is 4.95. The topological polar surface area (TPSA) is 78.9 Å². The van der Waals surface area contributed by atoms with Gasteiger partial charge in [0, 0.05) is 43.6 Å². The number of hydrogen-bond acceptors (Lipinski definition) is 5. The van der Waals surface area contributed by atoms with Crippen molar-refractivity contribution in [3.63, 3.8) is 0 Å². The van der Waals surface area contributed by atoms with Crippen molar-refractivity contribution in [1.82, 2.24) is 20.5 Å². The Balaban J connectivity index is 0.00000512. The van der Waals surface area contributed by atoms with E-state index in [1.165, 1.54) is 4.90 Å². The molecular weight excluding hydrogens is 537 g/mol. The molecule has 0 spiro atoms. The second kappa shape index (κ2) is 14.2. The summed E-state index contributed by atoms with van der Waals surface area (Å²) in [6.45, 7) is 7.31. The average molecular weight is 572 g/mol. The first-order chi connectivity index (χ1) is 14.7. The zero-order valence-electron chi connectivity index (χ0n) is 19.4. The van der Waals surface area contributed by atoms with Gasteiger partial charge in [0.1, 0.15) is 5.60 Å². The van der Waals surface area contributed by atoms with E-state index in [4.69, 9.17) is 4.74 Å². The standard InChI is InChI=1S/C23H33N5O2S.HI/c1-23(2,3)30-20-12-11-18(15-25-20)16-26-22(27-17-21(29)28(4)5)24-13-14-31-19-9-7-6-8-10-19;/h6-12,15H,13-14,16-17H2,1-5H3,(H2,24,26,27);1H. The molecule has 0 atom stereocenters. The van der Waals surface area contributed by atoms with Gasteiger partial charge in [0.25, 0.3) is 0 Å². The molecule has 176 valence electrons. The molecule has 2 aromatic rings. The number of pyridine rings is 1. The van der Waals surface area contributed by atoms with Gasteiger partial charge in [-0.05, 0) is 38.5 Å². The summed E-state index contributed by atoms with van der Waals surface area (Å²) in [5, 5.41) is 6.40. The van der Waals surface area contributed by atoms with Crippen LogP contribution in [0, 0.1) is 0 Å². The molecular formula is C23H34IN5O2S. The van der Waals surface area contributed by atoms with Crippen molar-refractivity contribution in [1.29, 1.82) is 0 Å². The molecule has 9 heteroatoms. The van der Waals surface area contributed by atoms with Gasteiger partial charge in [-0.2, -0.15) is 0 Å². The Morgan fingerprint density at radius 3 is 2.44 bits per heavy atom. The molecule has 2 N–H and O–H groups in total. The molecule has 1 amide bonds. The highest BCUT2D eigenvalue weighted by Gasteiger charge is 2.12. The molecule has 32 heavy (non-hydrogen) atoms. The summed E-state index contributed by atoms with van der Waals surface area (Å²) in [6, 6.07) is 14.1. The van der Waals surface area contributed by atoms with Gasteiger partial charge in [0.2, 0.25) is 11.8 Å². The van der Waals surface area contributed by atoms with E-state index in [0.29, 0.717) is 18.4 Å². The number of thioether (sulfide) groups is 1. The van der Waals surface area contributed by atoms with Crippen molar-refractivity contribution in [2.45, 2.75) is 37.8 Å². The SMILES string of the molecule is CN(C)C(=O)CNC(=NCc1ccc(OC(C)(C)C)nc1)NCCSc1ccccc1.I. The lowest BCUT2D eigenvalue weighted by molar-refractivity contribution is -0.127. The number of hydrogen-bond donors (Lipinski definition) is 2. The predicted octanol–water partition coefficient (Wildman–Crippen LogP) is 3.79. The number of amides is 1. The van der Waals surface area contributed by atoms with Crippen LogP contribution in [-0.4, -0.2) is 60.3 Å². The zero-order valence-corrected chi connectivity index (χ0v) is 22.6. The lowest BCUT2D eigenvalue weighted by Crippen LogP contribution is -2.43. The van der Waals surface area contributed by atoms with E-state index in [2.05, 4.69) is 32.7 Å². The maximum absolute atomic E-state index is 11.9. The fraction of sp³-hybridized carbons (Fsp3) is 0.435. The first-order valence-corrected chi connectivity index (χ1v) is 11.3. The zero-order chi connectivity index (χ0) is 22.7. The number of aliphatic imine (C=N–C) groups is 1. The molecule has 0 aliphatic rings. The molecule has 0 radical (unpaired) electrons. The molecule has 0 saturated heterocycles. The van der Waals surface area contributed by atoms with Crippen LogP contribution in [0.1, 0.15) is 26.3 Å². The van der Waals surface area contributed by atoms with Crippen LogP contribution in [0.25, 0.3) is 0 Å². The maximum atomic E-state index is 11.9. The van der Waals surface area contributed by atoms with Gasteiger partial charge in [-0.25, -0.2) is 9.98 Å². The van der Waals surface area contributed by atoms with Crippen LogP contribution < -0.4 is 15.4 Å². The predicted molar refractivity (Wildman–Crippen MR) is 143 cm³/mol. The van der Waals surface area contributed by atoms with E-state index in [1.54, 1.807) is 37.0 Å². The summed E-state index contributed by atoms with van der Waals surface area (Å²) in [4.78, 5) is 23.7. The van der Waals surface area contributed by atoms with Gasteiger partial charge >= 0.3 is 0 Å². The van der Waals surface area contributed by atoms with Crippen LogP contribution in [0.5, 0.6) is 5.88 Å². The number of benzene rings is 1. The van der Waals surface area contributed by atoms with Crippen molar-refractivity contribution >= 4 is 47.6 Å². The molecule has 1 heterocycles. The second-order valence-electron chi connectivity index (χ2n) is 8.11. The highest BCUT2D eigenvalue weighted by molar-refractivity contribution is 14.0. The third kappa shape index (κ3) is 11.6. The normalized spacial score (nSPS) is 11.3. The molecule has 7 nitrogen and oxygen atoms in total. The van der Waals surface area contributed by atoms with E-state index in [9.17, 15) is 4.79 Å². The molecule has 0 unspecified atom stereocenters. The Kier molecular flexibility index (Phi) is 12.4. The number of likely N-dealkylation sites (N-methyl/N-ethyl adjacent to an activating group) is 1. The number of nitrogens with one attached hydrogen (secondary N) is 2. The van der Waals surface area contributed by atoms with Crippen molar-refractivity contribution in [2.24, 2.45) is 4.99 Å². The summed E-state index contributed by atoms with van der Waals surface area (Å²) < 4.78 is 5.76. The lowest BCUT2D eigenvalue weighted by atomic mass is 10.2. The number of ether oxygens (including phenoxy) is 1. The second-order valence-corrected chi connectivity index (χ2v) is 9.28. The van der Waals surface area contributed by atoms with E-state index in [1.807, 2.05) is 51.1 Å². The minimum atomic E-state index is -0.287. The molecule has 1 aromatic heterocycles. The quantitative estimate of drug-likeness (QED) is 0.157. The van der Waals surface area contributed by atoms with Crippen LogP contribution in [0.15, 0.2) is 58.5 Å². The Hall–Kier alpha value is -2.01. The number of carbonyl (C=O) groups excluding carboxylic acids is 1. The lowest BCUT2D eigenvalue weighted by Gasteiger charge is -2.20. The van der Waals surface area contributed by atoms with Crippen molar-refractivity contribution in [3.8, 4) is 5.88 Å². The smallest absolute Gasteiger partial charge is 0.241 e. The van der Waals surface area contributed by atoms with Crippen molar-refractivity contribution < 1.29 is 9.53 Å². The summed E-state index contributed by atoms with van der Waals surface area (Å²) >= 11 is 1.77. The summed E-state index contributed by atoms with van der Waals surface area (Å²) in [6.07, 6.45) is 1.76. The van der Waals surface area contributed by atoms with E-state index in [-0.39, 0.29) is 42.0 Å². The van der Waals surface area contributed by atoms with E-state index < -0.39 is 0 Å². The average Bonchev–Trinajstić information content (AvgIpc) is 2.73. The van der Waals surface area contributed by atoms with Crippen LogP contribution in [0.4, 0.5) is 0 Å². The van der Waals surface area contributed by atoms with Crippen molar-refractivity contribution in [3.05, 3.63) is 54.2 Å². The van der Waals surface area contributed by atoms with E-state index in [0.717, 1.165) is 17.9 Å². The minimum Gasteiger partial charge on any atom is -0.472 e. The van der Waals surface area contributed by atoms with Gasteiger partial charge in [-0.15, -0.1) is 35.7 Å². The van der Waals surface area contributed by atoms with Gasteiger partial charge in [0.15, 0.2) is 5.96 Å². The Morgan fingerprint density at radius 2 is 1.84 bits per heavy atom. The van der Waals surface area contributed by atoms with Gasteiger partial charge in [0.05, 0.1) is 13.1 Å². The first-order valence-electron chi connectivity index (χ1n) is 10.3. The Morgan fingerprint density at radius 1 is 1.12 bits per heavy atom. The molecule has 0 aliphatic heterocycles. The molecule has 0 bridgehead atoms. The molecule has 0 saturated carbocycles. The van der Waals surface area contributed by atoms with Crippen LogP contribution in [0.2, 0.25) is 0 Å². The van der Waals surface area contributed by atoms with Gasteiger partial charge < -0.3 is 20.3 Å². The first kappa shape index (κ1) is 28.0. The fourth-order valence-corrected chi connectivity index (χ4v) is 3.19. The highest BCUT2D eigenvalue weighted by atomic mass is 127. The van der Waals surface area contributed by atoms with Gasteiger partial charge in [-0.1, -0.05) is 24.3 Å². The summed E-state index contributed by atoms with van der Waals surface area (Å²) in [5.41, 5.74) is 0.671.